The van der Waals surface area contributed by atoms with Crippen molar-refractivity contribution in [2.24, 2.45) is 0 Å². The summed E-state index contributed by atoms with van der Waals surface area (Å²) in [7, 11) is 0. The summed E-state index contributed by atoms with van der Waals surface area (Å²) in [4.78, 5) is 5.76. The quantitative estimate of drug-likeness (QED) is 0.381. The van der Waals surface area contributed by atoms with E-state index < -0.39 is 0 Å². The Morgan fingerprint density at radius 2 is 1.96 bits per heavy atom. The van der Waals surface area contributed by atoms with Crippen LogP contribution in [0.15, 0.2) is 42.6 Å². The number of thiazole rings is 1. The standard InChI is InChI=1S/C19H16Cl2N2S/c1-2-3-4-12-5-8-17-18(9-12)24-19-22-16(11-23(17)19)13-6-7-14(20)15(21)10-13/h5-11H,2-4H2,1H3. The van der Waals surface area contributed by atoms with E-state index in [0.717, 1.165) is 22.6 Å². The van der Waals surface area contributed by atoms with Crippen LogP contribution in [0.5, 0.6) is 0 Å². The van der Waals surface area contributed by atoms with Gasteiger partial charge in [0, 0.05) is 11.8 Å². The van der Waals surface area contributed by atoms with E-state index in [9.17, 15) is 0 Å². The zero-order valence-corrected chi connectivity index (χ0v) is 15.5. The smallest absolute Gasteiger partial charge is 0.195 e. The molecule has 5 heteroatoms. The summed E-state index contributed by atoms with van der Waals surface area (Å²) in [5, 5.41) is 1.11. The molecular weight excluding hydrogens is 359 g/mol. The maximum atomic E-state index is 6.13. The highest BCUT2D eigenvalue weighted by Crippen LogP contribution is 2.32. The number of imidazole rings is 1. The molecule has 0 amide bonds. The highest BCUT2D eigenvalue weighted by Gasteiger charge is 2.11. The molecule has 0 saturated heterocycles. The Kier molecular flexibility index (Phi) is 4.25. The summed E-state index contributed by atoms with van der Waals surface area (Å²) in [5.41, 5.74) is 4.50. The Bertz CT molecular complexity index is 1030. The molecule has 0 saturated carbocycles. The zero-order valence-electron chi connectivity index (χ0n) is 13.2. The average Bonchev–Trinajstić information content (AvgIpc) is 3.12. The van der Waals surface area contributed by atoms with Gasteiger partial charge in [0.1, 0.15) is 0 Å². The number of unbranched alkanes of at least 4 members (excludes halogenated alkanes) is 1. The van der Waals surface area contributed by atoms with E-state index in [1.807, 2.05) is 18.2 Å². The predicted molar refractivity (Wildman–Crippen MR) is 105 cm³/mol. The van der Waals surface area contributed by atoms with Crippen LogP contribution in [0.4, 0.5) is 0 Å². The van der Waals surface area contributed by atoms with Crippen LogP contribution in [0.2, 0.25) is 10.0 Å². The minimum Gasteiger partial charge on any atom is -0.290 e. The molecule has 2 heterocycles. The van der Waals surface area contributed by atoms with Crippen molar-refractivity contribution in [3.8, 4) is 11.3 Å². The Morgan fingerprint density at radius 3 is 2.75 bits per heavy atom. The van der Waals surface area contributed by atoms with Crippen molar-refractivity contribution in [3.05, 3.63) is 58.2 Å². The van der Waals surface area contributed by atoms with E-state index in [2.05, 4.69) is 35.7 Å². The molecule has 24 heavy (non-hydrogen) atoms. The number of rotatable bonds is 4. The molecule has 0 aliphatic heterocycles. The third kappa shape index (κ3) is 2.81. The fraction of sp³-hybridized carbons (Fsp3) is 0.211. The second-order valence-electron chi connectivity index (χ2n) is 5.92. The Hall–Kier alpha value is -1.55. The Morgan fingerprint density at radius 1 is 1.08 bits per heavy atom. The predicted octanol–water partition coefficient (Wildman–Crippen LogP) is 6.87. The number of hydrogen-bond donors (Lipinski definition) is 0. The van der Waals surface area contributed by atoms with E-state index in [1.54, 1.807) is 11.3 Å². The van der Waals surface area contributed by atoms with Crippen molar-refractivity contribution < 1.29 is 0 Å². The Labute approximate surface area is 154 Å². The first-order chi connectivity index (χ1) is 11.7. The third-order valence-electron chi connectivity index (χ3n) is 4.19. The number of benzene rings is 2. The van der Waals surface area contributed by atoms with Gasteiger partial charge in [-0.05, 0) is 42.7 Å². The molecule has 0 aliphatic rings. The van der Waals surface area contributed by atoms with Gasteiger partial charge in [-0.3, -0.25) is 4.40 Å². The zero-order chi connectivity index (χ0) is 16.7. The van der Waals surface area contributed by atoms with Gasteiger partial charge in [-0.2, -0.15) is 0 Å². The van der Waals surface area contributed by atoms with Crippen LogP contribution in [0, 0.1) is 0 Å². The van der Waals surface area contributed by atoms with Gasteiger partial charge in [0.15, 0.2) is 4.96 Å². The highest BCUT2D eigenvalue weighted by atomic mass is 35.5. The summed E-state index contributed by atoms with van der Waals surface area (Å²) < 4.78 is 3.44. The van der Waals surface area contributed by atoms with Gasteiger partial charge in [0.2, 0.25) is 0 Å². The molecule has 2 nitrogen and oxygen atoms in total. The summed E-state index contributed by atoms with van der Waals surface area (Å²) in [6.45, 7) is 2.22. The van der Waals surface area contributed by atoms with Crippen LogP contribution in [-0.4, -0.2) is 9.38 Å². The molecule has 0 spiro atoms. The molecule has 0 atom stereocenters. The first-order valence-electron chi connectivity index (χ1n) is 8.01. The average molecular weight is 375 g/mol. The van der Waals surface area contributed by atoms with Crippen LogP contribution < -0.4 is 0 Å². The molecule has 0 radical (unpaired) electrons. The number of fused-ring (bicyclic) bond motifs is 3. The van der Waals surface area contributed by atoms with E-state index in [4.69, 9.17) is 28.2 Å². The molecule has 2 aromatic carbocycles. The topological polar surface area (TPSA) is 17.3 Å². The molecule has 2 aromatic heterocycles. The summed E-state index contributed by atoms with van der Waals surface area (Å²) in [6.07, 6.45) is 5.66. The van der Waals surface area contributed by atoms with Crippen LogP contribution in [-0.2, 0) is 6.42 Å². The van der Waals surface area contributed by atoms with E-state index in [1.165, 1.54) is 28.6 Å². The van der Waals surface area contributed by atoms with Crippen molar-refractivity contribution in [3.63, 3.8) is 0 Å². The van der Waals surface area contributed by atoms with Crippen molar-refractivity contribution in [2.75, 3.05) is 0 Å². The lowest BCUT2D eigenvalue weighted by atomic mass is 10.1. The first kappa shape index (κ1) is 15.9. The summed E-state index contributed by atoms with van der Waals surface area (Å²) in [5.74, 6) is 0. The van der Waals surface area contributed by atoms with E-state index >= 15 is 0 Å². The minimum absolute atomic E-state index is 0.552. The monoisotopic (exact) mass is 374 g/mol. The molecule has 122 valence electrons. The van der Waals surface area contributed by atoms with E-state index in [0.29, 0.717) is 10.0 Å². The largest absolute Gasteiger partial charge is 0.290 e. The van der Waals surface area contributed by atoms with Gasteiger partial charge in [0.05, 0.1) is 26.0 Å². The molecule has 0 unspecified atom stereocenters. The van der Waals surface area contributed by atoms with Crippen molar-refractivity contribution >= 4 is 49.7 Å². The van der Waals surface area contributed by atoms with Crippen LogP contribution in [0.25, 0.3) is 26.4 Å². The highest BCUT2D eigenvalue weighted by molar-refractivity contribution is 7.23. The molecule has 0 aliphatic carbocycles. The third-order valence-corrected chi connectivity index (χ3v) is 5.95. The SMILES string of the molecule is CCCCc1ccc2c(c1)sc1nc(-c3ccc(Cl)c(Cl)c3)cn12. The van der Waals surface area contributed by atoms with Crippen molar-refractivity contribution in [1.82, 2.24) is 9.38 Å². The van der Waals surface area contributed by atoms with Gasteiger partial charge in [-0.1, -0.05) is 60.0 Å². The van der Waals surface area contributed by atoms with Gasteiger partial charge in [0.25, 0.3) is 0 Å². The number of aromatic nitrogens is 2. The lowest BCUT2D eigenvalue weighted by Crippen LogP contribution is -1.84. The van der Waals surface area contributed by atoms with E-state index in [-0.39, 0.29) is 0 Å². The fourth-order valence-electron chi connectivity index (χ4n) is 2.88. The summed E-state index contributed by atoms with van der Waals surface area (Å²) >= 11 is 13.9. The fourth-order valence-corrected chi connectivity index (χ4v) is 4.25. The molecule has 0 fully saturated rings. The second-order valence-corrected chi connectivity index (χ2v) is 7.74. The number of halogens is 2. The minimum atomic E-state index is 0.552. The van der Waals surface area contributed by atoms with Crippen LogP contribution in [0.3, 0.4) is 0 Å². The van der Waals surface area contributed by atoms with Gasteiger partial charge in [-0.25, -0.2) is 4.98 Å². The molecule has 4 aromatic rings. The molecular formula is C19H16Cl2N2S. The van der Waals surface area contributed by atoms with Crippen molar-refractivity contribution in [1.29, 1.82) is 0 Å². The second kappa shape index (κ2) is 6.40. The van der Waals surface area contributed by atoms with Gasteiger partial charge < -0.3 is 0 Å². The Balaban J connectivity index is 1.77. The maximum Gasteiger partial charge on any atom is 0.195 e. The molecule has 4 rings (SSSR count). The number of hydrogen-bond acceptors (Lipinski definition) is 2. The first-order valence-corrected chi connectivity index (χ1v) is 9.59. The molecule has 0 bridgehead atoms. The van der Waals surface area contributed by atoms with Crippen molar-refractivity contribution in [2.45, 2.75) is 26.2 Å². The molecule has 0 N–H and O–H groups in total. The normalized spacial score (nSPS) is 11.6. The van der Waals surface area contributed by atoms with Crippen LogP contribution >= 0.6 is 34.5 Å². The lowest BCUT2D eigenvalue weighted by molar-refractivity contribution is 0.796. The van der Waals surface area contributed by atoms with Crippen LogP contribution in [0.1, 0.15) is 25.3 Å². The maximum absolute atomic E-state index is 6.13. The van der Waals surface area contributed by atoms with Gasteiger partial charge >= 0.3 is 0 Å². The van der Waals surface area contributed by atoms with Gasteiger partial charge in [-0.15, -0.1) is 0 Å². The lowest BCUT2D eigenvalue weighted by Gasteiger charge is -2.00. The number of aryl methyl sites for hydroxylation is 1. The number of nitrogens with zero attached hydrogens (tertiary/aromatic N) is 2. The summed E-state index contributed by atoms with van der Waals surface area (Å²) in [6, 6.07) is 12.3.